The Kier molecular flexibility index (Phi) is 3.77. The predicted molar refractivity (Wildman–Crippen MR) is 58.5 cm³/mol. The van der Waals surface area contributed by atoms with E-state index in [0.29, 0.717) is 5.92 Å². The molecule has 1 fully saturated rings. The molecule has 0 heterocycles. The summed E-state index contributed by atoms with van der Waals surface area (Å²) in [5.41, 5.74) is -1.52. The van der Waals surface area contributed by atoms with Crippen molar-refractivity contribution in [1.29, 1.82) is 0 Å². The van der Waals surface area contributed by atoms with Gasteiger partial charge in [-0.25, -0.2) is 4.79 Å². The molecule has 0 aromatic rings. The van der Waals surface area contributed by atoms with Crippen molar-refractivity contribution in [3.05, 3.63) is 0 Å². The quantitative estimate of drug-likeness (QED) is 0.755. The van der Waals surface area contributed by atoms with Gasteiger partial charge in [0.25, 0.3) is 0 Å². The molecule has 3 nitrogen and oxygen atoms in total. The van der Waals surface area contributed by atoms with Gasteiger partial charge in [-0.3, -0.25) is 0 Å². The van der Waals surface area contributed by atoms with E-state index in [1.807, 2.05) is 0 Å². The summed E-state index contributed by atoms with van der Waals surface area (Å²) in [6.07, 6.45) is 3.85. The molecule has 88 valence electrons. The van der Waals surface area contributed by atoms with Crippen molar-refractivity contribution in [1.82, 2.24) is 0 Å². The first-order valence-corrected chi connectivity index (χ1v) is 5.88. The van der Waals surface area contributed by atoms with Gasteiger partial charge in [-0.15, -0.1) is 0 Å². The molecule has 0 saturated heterocycles. The number of hydrogen-bond acceptors (Lipinski definition) is 2. The second-order valence-corrected chi connectivity index (χ2v) is 5.07. The minimum absolute atomic E-state index is 0.0695. The van der Waals surface area contributed by atoms with E-state index >= 15 is 0 Å². The molecule has 0 radical (unpaired) electrons. The lowest BCUT2D eigenvalue weighted by atomic mass is 9.77. The van der Waals surface area contributed by atoms with Gasteiger partial charge in [-0.1, -0.05) is 33.6 Å². The van der Waals surface area contributed by atoms with Crippen LogP contribution in [-0.4, -0.2) is 21.8 Å². The smallest absolute Gasteiger partial charge is 0.336 e. The van der Waals surface area contributed by atoms with E-state index in [4.69, 9.17) is 0 Å². The summed E-state index contributed by atoms with van der Waals surface area (Å²) >= 11 is 0. The van der Waals surface area contributed by atoms with E-state index in [1.165, 1.54) is 0 Å². The van der Waals surface area contributed by atoms with Gasteiger partial charge < -0.3 is 10.2 Å². The molecule has 0 amide bonds. The maximum absolute atomic E-state index is 11.2. The number of aliphatic carboxylic acids is 1. The minimum atomic E-state index is -1.52. The molecule has 1 saturated carbocycles. The van der Waals surface area contributed by atoms with Crippen LogP contribution in [0.3, 0.4) is 0 Å². The molecule has 15 heavy (non-hydrogen) atoms. The molecule has 0 bridgehead atoms. The summed E-state index contributed by atoms with van der Waals surface area (Å²) in [5, 5.41) is 19.5. The number of rotatable bonds is 4. The minimum Gasteiger partial charge on any atom is -0.479 e. The first kappa shape index (κ1) is 12.5. The van der Waals surface area contributed by atoms with Crippen LogP contribution in [-0.2, 0) is 4.79 Å². The predicted octanol–water partition coefficient (Wildman–Crippen LogP) is 2.28. The van der Waals surface area contributed by atoms with Crippen LogP contribution in [0.5, 0.6) is 0 Å². The average Bonchev–Trinajstić information content (AvgIpc) is 2.64. The van der Waals surface area contributed by atoms with Crippen LogP contribution >= 0.6 is 0 Å². The van der Waals surface area contributed by atoms with Crippen molar-refractivity contribution in [3.8, 4) is 0 Å². The fourth-order valence-corrected chi connectivity index (χ4v) is 2.74. The van der Waals surface area contributed by atoms with Crippen molar-refractivity contribution in [3.63, 3.8) is 0 Å². The zero-order valence-electron chi connectivity index (χ0n) is 9.86. The SMILES string of the molecule is CCC1CCC(C(O)(C(=O)O)C(C)C)C1. The highest BCUT2D eigenvalue weighted by Gasteiger charge is 2.48. The monoisotopic (exact) mass is 214 g/mol. The van der Waals surface area contributed by atoms with Crippen molar-refractivity contribution in [2.75, 3.05) is 0 Å². The lowest BCUT2D eigenvalue weighted by Gasteiger charge is -2.33. The number of hydrogen-bond donors (Lipinski definition) is 2. The van der Waals surface area contributed by atoms with Crippen molar-refractivity contribution >= 4 is 5.97 Å². The summed E-state index contributed by atoms with van der Waals surface area (Å²) in [4.78, 5) is 11.2. The third-order valence-electron chi connectivity index (χ3n) is 3.96. The molecule has 1 rings (SSSR count). The van der Waals surface area contributed by atoms with Crippen LogP contribution in [0.25, 0.3) is 0 Å². The summed E-state index contributed by atoms with van der Waals surface area (Å²) in [6.45, 7) is 5.70. The molecule has 3 heteroatoms. The Labute approximate surface area is 91.5 Å². The molecule has 1 aliphatic carbocycles. The highest BCUT2D eigenvalue weighted by atomic mass is 16.4. The van der Waals surface area contributed by atoms with Crippen LogP contribution in [0.15, 0.2) is 0 Å². The maximum atomic E-state index is 11.2. The third-order valence-corrected chi connectivity index (χ3v) is 3.96. The third kappa shape index (κ3) is 2.17. The van der Waals surface area contributed by atoms with Crippen LogP contribution < -0.4 is 0 Å². The van der Waals surface area contributed by atoms with Crippen LogP contribution in [0, 0.1) is 17.8 Å². The topological polar surface area (TPSA) is 57.5 Å². The number of aliphatic hydroxyl groups is 1. The van der Waals surface area contributed by atoms with Crippen molar-refractivity contribution in [2.24, 2.45) is 17.8 Å². The van der Waals surface area contributed by atoms with Gasteiger partial charge in [-0.2, -0.15) is 0 Å². The largest absolute Gasteiger partial charge is 0.479 e. The fourth-order valence-electron chi connectivity index (χ4n) is 2.74. The Morgan fingerprint density at radius 3 is 2.40 bits per heavy atom. The van der Waals surface area contributed by atoms with Gasteiger partial charge in [-0.05, 0) is 30.6 Å². The van der Waals surface area contributed by atoms with E-state index in [0.717, 1.165) is 25.7 Å². The van der Waals surface area contributed by atoms with Crippen LogP contribution in [0.1, 0.15) is 46.5 Å². The van der Waals surface area contributed by atoms with Crippen molar-refractivity contribution in [2.45, 2.75) is 52.1 Å². The molecule has 1 aliphatic rings. The standard InChI is InChI=1S/C12H22O3/c1-4-9-5-6-10(7-9)12(15,8(2)3)11(13)14/h8-10,15H,4-7H2,1-3H3,(H,13,14). The Morgan fingerprint density at radius 1 is 1.47 bits per heavy atom. The van der Waals surface area contributed by atoms with E-state index < -0.39 is 11.6 Å². The highest BCUT2D eigenvalue weighted by Crippen LogP contribution is 2.42. The Balaban J connectivity index is 2.79. The molecule has 0 spiro atoms. The molecule has 0 aromatic carbocycles. The molecule has 3 unspecified atom stereocenters. The Morgan fingerprint density at radius 2 is 2.07 bits per heavy atom. The fraction of sp³-hybridized carbons (Fsp3) is 0.917. The van der Waals surface area contributed by atoms with Crippen LogP contribution in [0.2, 0.25) is 0 Å². The van der Waals surface area contributed by atoms with Gasteiger partial charge in [0.1, 0.15) is 0 Å². The zero-order valence-corrected chi connectivity index (χ0v) is 9.86. The van der Waals surface area contributed by atoms with Gasteiger partial charge >= 0.3 is 5.97 Å². The first-order chi connectivity index (χ1) is 6.92. The van der Waals surface area contributed by atoms with Gasteiger partial charge in [0.05, 0.1) is 0 Å². The molecule has 2 N–H and O–H groups in total. The van der Waals surface area contributed by atoms with E-state index in [-0.39, 0.29) is 11.8 Å². The number of carboxylic acids is 1. The Bertz CT molecular complexity index is 237. The normalized spacial score (nSPS) is 30.5. The molecule has 3 atom stereocenters. The molecule has 0 aromatic heterocycles. The maximum Gasteiger partial charge on any atom is 0.336 e. The second-order valence-electron chi connectivity index (χ2n) is 5.07. The highest BCUT2D eigenvalue weighted by molar-refractivity contribution is 5.78. The lowest BCUT2D eigenvalue weighted by Crippen LogP contribution is -2.49. The number of carboxylic acid groups (broad SMARTS) is 1. The van der Waals surface area contributed by atoms with E-state index in [2.05, 4.69) is 6.92 Å². The summed E-state index contributed by atoms with van der Waals surface area (Å²) in [6, 6.07) is 0. The first-order valence-electron chi connectivity index (χ1n) is 5.88. The van der Waals surface area contributed by atoms with Gasteiger partial charge in [0, 0.05) is 0 Å². The summed E-state index contributed by atoms with van der Waals surface area (Å²) in [7, 11) is 0. The molecular formula is C12H22O3. The second kappa shape index (κ2) is 4.52. The zero-order chi connectivity index (χ0) is 11.6. The van der Waals surface area contributed by atoms with Gasteiger partial charge in [0.15, 0.2) is 5.60 Å². The molecule has 0 aliphatic heterocycles. The average molecular weight is 214 g/mol. The molecular weight excluding hydrogens is 192 g/mol. The van der Waals surface area contributed by atoms with Gasteiger partial charge in [0.2, 0.25) is 0 Å². The van der Waals surface area contributed by atoms with Crippen molar-refractivity contribution < 1.29 is 15.0 Å². The Hall–Kier alpha value is -0.570. The van der Waals surface area contributed by atoms with E-state index in [1.54, 1.807) is 13.8 Å². The van der Waals surface area contributed by atoms with Crippen LogP contribution in [0.4, 0.5) is 0 Å². The summed E-state index contributed by atoms with van der Waals surface area (Å²) < 4.78 is 0. The number of carbonyl (C=O) groups is 1. The van der Waals surface area contributed by atoms with E-state index in [9.17, 15) is 15.0 Å². The summed E-state index contributed by atoms with van der Waals surface area (Å²) in [5.74, 6) is -0.755. The lowest BCUT2D eigenvalue weighted by molar-refractivity contribution is -0.171.